The van der Waals surface area contributed by atoms with E-state index in [2.05, 4.69) is 5.32 Å². The molecule has 2 aromatic carbocycles. The second-order valence-electron chi connectivity index (χ2n) is 5.87. The minimum Gasteiger partial charge on any atom is -0.454 e. The molecule has 130 valence electrons. The van der Waals surface area contributed by atoms with Crippen LogP contribution in [-0.4, -0.2) is 25.2 Å². The highest BCUT2D eigenvalue weighted by Gasteiger charge is 2.16. The summed E-state index contributed by atoms with van der Waals surface area (Å²) in [5, 5.41) is 2.81. The van der Waals surface area contributed by atoms with Gasteiger partial charge in [-0.2, -0.15) is 0 Å². The van der Waals surface area contributed by atoms with E-state index in [1.54, 1.807) is 23.1 Å². The van der Waals surface area contributed by atoms with Crippen molar-refractivity contribution in [2.24, 2.45) is 0 Å². The zero-order valence-electron chi connectivity index (χ0n) is 14.2. The molecule has 2 amide bonds. The molecule has 1 aliphatic heterocycles. The Labute approximate surface area is 146 Å². The van der Waals surface area contributed by atoms with Gasteiger partial charge in [0.25, 0.3) is 0 Å². The highest BCUT2D eigenvalue weighted by Crippen LogP contribution is 2.34. The molecule has 2 aromatic rings. The van der Waals surface area contributed by atoms with Crippen LogP contribution in [0.2, 0.25) is 0 Å². The Balaban J connectivity index is 1.60. The largest absolute Gasteiger partial charge is 0.454 e. The number of ether oxygens (including phenoxy) is 2. The predicted molar refractivity (Wildman–Crippen MR) is 95.0 cm³/mol. The van der Waals surface area contributed by atoms with Crippen molar-refractivity contribution in [3.8, 4) is 11.5 Å². The van der Waals surface area contributed by atoms with Crippen LogP contribution in [0.3, 0.4) is 0 Å². The summed E-state index contributed by atoms with van der Waals surface area (Å²) >= 11 is 0. The quantitative estimate of drug-likeness (QED) is 0.908. The second kappa shape index (κ2) is 7.25. The lowest BCUT2D eigenvalue weighted by Gasteiger charge is -2.21. The van der Waals surface area contributed by atoms with E-state index in [1.165, 1.54) is 6.92 Å². The molecule has 0 saturated heterocycles. The summed E-state index contributed by atoms with van der Waals surface area (Å²) in [7, 11) is 0. The first-order valence-electron chi connectivity index (χ1n) is 8.07. The van der Waals surface area contributed by atoms with Gasteiger partial charge in [0.1, 0.15) is 0 Å². The summed E-state index contributed by atoms with van der Waals surface area (Å²) in [6.07, 6.45) is 0.196. The summed E-state index contributed by atoms with van der Waals surface area (Å²) in [6.45, 7) is 3.99. The van der Waals surface area contributed by atoms with Gasteiger partial charge >= 0.3 is 0 Å². The summed E-state index contributed by atoms with van der Waals surface area (Å²) in [5.41, 5.74) is 2.54. The first-order chi connectivity index (χ1) is 12.0. The van der Waals surface area contributed by atoms with Crippen molar-refractivity contribution in [3.63, 3.8) is 0 Å². The fourth-order valence-corrected chi connectivity index (χ4v) is 2.60. The van der Waals surface area contributed by atoms with Gasteiger partial charge in [0.2, 0.25) is 18.6 Å². The Bertz CT molecular complexity index is 787. The van der Waals surface area contributed by atoms with Crippen molar-refractivity contribution in [3.05, 3.63) is 48.0 Å². The van der Waals surface area contributed by atoms with E-state index in [9.17, 15) is 9.59 Å². The third-order valence-corrected chi connectivity index (χ3v) is 3.94. The molecule has 0 saturated carbocycles. The molecule has 0 fully saturated rings. The summed E-state index contributed by atoms with van der Waals surface area (Å²) < 4.78 is 10.5. The maximum absolute atomic E-state index is 12.2. The van der Waals surface area contributed by atoms with Crippen molar-refractivity contribution < 1.29 is 19.1 Å². The van der Waals surface area contributed by atoms with Gasteiger partial charge in [0.15, 0.2) is 11.5 Å². The van der Waals surface area contributed by atoms with E-state index >= 15 is 0 Å². The SMILES string of the molecule is CC(=O)N(CCC(=O)Nc1ccc2c(c1)OCO2)c1ccc(C)cc1. The Morgan fingerprint density at radius 3 is 2.52 bits per heavy atom. The lowest BCUT2D eigenvalue weighted by Crippen LogP contribution is -2.31. The molecule has 1 heterocycles. The molecule has 0 unspecified atom stereocenters. The first kappa shape index (κ1) is 16.8. The van der Waals surface area contributed by atoms with Crippen molar-refractivity contribution in [2.45, 2.75) is 20.3 Å². The van der Waals surface area contributed by atoms with Crippen LogP contribution in [0.5, 0.6) is 11.5 Å². The molecule has 0 radical (unpaired) electrons. The van der Waals surface area contributed by atoms with Crippen LogP contribution in [-0.2, 0) is 9.59 Å². The highest BCUT2D eigenvalue weighted by atomic mass is 16.7. The van der Waals surface area contributed by atoms with E-state index in [-0.39, 0.29) is 25.0 Å². The van der Waals surface area contributed by atoms with Gasteiger partial charge < -0.3 is 19.7 Å². The molecular weight excluding hydrogens is 320 g/mol. The summed E-state index contributed by atoms with van der Waals surface area (Å²) in [5.74, 6) is 1.01. The first-order valence-corrected chi connectivity index (χ1v) is 8.07. The number of carbonyl (C=O) groups excluding carboxylic acids is 2. The van der Waals surface area contributed by atoms with Crippen LogP contribution in [0, 0.1) is 6.92 Å². The monoisotopic (exact) mass is 340 g/mol. The Kier molecular flexibility index (Phi) is 4.88. The number of rotatable bonds is 5. The molecule has 0 aromatic heterocycles. The number of amides is 2. The molecular formula is C19H20N2O4. The topological polar surface area (TPSA) is 67.9 Å². The number of hydrogen-bond acceptors (Lipinski definition) is 4. The average molecular weight is 340 g/mol. The van der Waals surface area contributed by atoms with Crippen LogP contribution >= 0.6 is 0 Å². The predicted octanol–water partition coefficient (Wildman–Crippen LogP) is 3.11. The standard InChI is InChI=1S/C19H20N2O4/c1-13-3-6-16(7-4-13)21(14(2)22)10-9-19(23)20-15-5-8-17-18(11-15)25-12-24-17/h3-8,11H,9-10,12H2,1-2H3,(H,20,23). The van der Waals surface area contributed by atoms with Gasteiger partial charge in [-0.05, 0) is 31.2 Å². The molecule has 6 heteroatoms. The zero-order valence-corrected chi connectivity index (χ0v) is 14.2. The fraction of sp³-hybridized carbons (Fsp3) is 0.263. The van der Waals surface area contributed by atoms with Gasteiger partial charge in [-0.25, -0.2) is 0 Å². The Morgan fingerprint density at radius 2 is 1.80 bits per heavy atom. The molecule has 1 aliphatic rings. The number of anilines is 2. The third kappa shape index (κ3) is 4.09. The number of aryl methyl sites for hydroxylation is 1. The number of nitrogens with zero attached hydrogens (tertiary/aromatic N) is 1. The van der Waals surface area contributed by atoms with Gasteiger partial charge in [0, 0.05) is 37.3 Å². The number of benzene rings is 2. The van der Waals surface area contributed by atoms with E-state index < -0.39 is 0 Å². The molecule has 0 aliphatic carbocycles. The maximum atomic E-state index is 12.2. The van der Waals surface area contributed by atoms with Gasteiger partial charge in [-0.3, -0.25) is 9.59 Å². The average Bonchev–Trinajstić information content (AvgIpc) is 3.04. The van der Waals surface area contributed by atoms with Gasteiger partial charge in [-0.1, -0.05) is 17.7 Å². The lowest BCUT2D eigenvalue weighted by molar-refractivity contribution is -0.117. The molecule has 0 spiro atoms. The van der Waals surface area contributed by atoms with Crippen LogP contribution in [0.1, 0.15) is 18.9 Å². The Hall–Kier alpha value is -3.02. The number of fused-ring (bicyclic) bond motifs is 1. The van der Waals surface area contributed by atoms with Crippen molar-refractivity contribution in [2.75, 3.05) is 23.6 Å². The number of nitrogens with one attached hydrogen (secondary N) is 1. The van der Waals surface area contributed by atoms with E-state index in [4.69, 9.17) is 9.47 Å². The summed E-state index contributed by atoms with van der Waals surface area (Å²) in [4.78, 5) is 25.7. The lowest BCUT2D eigenvalue weighted by atomic mass is 10.2. The molecule has 0 bridgehead atoms. The smallest absolute Gasteiger partial charge is 0.231 e. The fourth-order valence-electron chi connectivity index (χ4n) is 2.60. The van der Waals surface area contributed by atoms with Crippen LogP contribution in [0.15, 0.2) is 42.5 Å². The van der Waals surface area contributed by atoms with Crippen molar-refractivity contribution in [1.29, 1.82) is 0 Å². The zero-order chi connectivity index (χ0) is 17.8. The normalized spacial score (nSPS) is 11.9. The second-order valence-corrected chi connectivity index (χ2v) is 5.87. The molecule has 25 heavy (non-hydrogen) atoms. The third-order valence-electron chi connectivity index (χ3n) is 3.94. The van der Waals surface area contributed by atoms with Crippen LogP contribution < -0.4 is 19.7 Å². The van der Waals surface area contributed by atoms with E-state index in [1.807, 2.05) is 31.2 Å². The van der Waals surface area contributed by atoms with E-state index in [0.29, 0.717) is 23.7 Å². The molecule has 6 nitrogen and oxygen atoms in total. The van der Waals surface area contributed by atoms with Gasteiger partial charge in [0.05, 0.1) is 0 Å². The van der Waals surface area contributed by atoms with Crippen LogP contribution in [0.4, 0.5) is 11.4 Å². The number of hydrogen-bond donors (Lipinski definition) is 1. The minimum absolute atomic E-state index is 0.0975. The van der Waals surface area contributed by atoms with E-state index in [0.717, 1.165) is 11.3 Å². The van der Waals surface area contributed by atoms with Crippen molar-refractivity contribution >= 4 is 23.2 Å². The van der Waals surface area contributed by atoms with Crippen LogP contribution in [0.25, 0.3) is 0 Å². The van der Waals surface area contributed by atoms with Crippen molar-refractivity contribution in [1.82, 2.24) is 0 Å². The minimum atomic E-state index is -0.169. The Morgan fingerprint density at radius 1 is 1.08 bits per heavy atom. The molecule has 1 N–H and O–H groups in total. The molecule has 3 rings (SSSR count). The maximum Gasteiger partial charge on any atom is 0.231 e. The summed E-state index contributed by atoms with van der Waals surface area (Å²) in [6, 6.07) is 12.9. The highest BCUT2D eigenvalue weighted by molar-refractivity contribution is 5.95. The van der Waals surface area contributed by atoms with Gasteiger partial charge in [-0.15, -0.1) is 0 Å². The molecule has 0 atom stereocenters. The number of carbonyl (C=O) groups is 2.